The molecule has 1 aromatic carbocycles. The molecule has 9 nitrogen and oxygen atoms in total. The van der Waals surface area contributed by atoms with Crippen molar-refractivity contribution < 1.29 is 39.2 Å². The zero-order chi connectivity index (χ0) is 21.0. The largest absolute Gasteiger partial charge is 0.507 e. The smallest absolute Gasteiger partial charge is 0.344 e. The number of esters is 1. The maximum absolute atomic E-state index is 12.6. The maximum Gasteiger partial charge on any atom is 0.344 e. The van der Waals surface area contributed by atoms with Crippen LogP contribution in [0, 0.1) is 5.92 Å². The van der Waals surface area contributed by atoms with Crippen molar-refractivity contribution in [3.05, 3.63) is 29.8 Å². The summed E-state index contributed by atoms with van der Waals surface area (Å²) in [6, 6.07) is 2.50. The number of nitrogens with one attached hydrogen (secondary N) is 1. The van der Waals surface area contributed by atoms with Gasteiger partial charge in [-0.15, -0.1) is 0 Å². The van der Waals surface area contributed by atoms with Crippen LogP contribution in [0.15, 0.2) is 24.3 Å². The van der Waals surface area contributed by atoms with E-state index in [0.29, 0.717) is 0 Å². The summed E-state index contributed by atoms with van der Waals surface area (Å²) in [5, 5.41) is 32.5. The van der Waals surface area contributed by atoms with Gasteiger partial charge in [0.2, 0.25) is 5.91 Å². The molecule has 1 aliphatic heterocycles. The van der Waals surface area contributed by atoms with E-state index in [1.54, 1.807) is 13.8 Å². The Bertz CT molecular complexity index is 803. The first kappa shape index (κ1) is 21.4. The summed E-state index contributed by atoms with van der Waals surface area (Å²) in [6.45, 7) is 3.28. The number of carbonyl (C=O) groups excluding carboxylic acids is 3. The molecule has 28 heavy (non-hydrogen) atoms. The number of aliphatic hydroxyl groups is 2. The second-order valence-corrected chi connectivity index (χ2v) is 6.56. The molecule has 0 fully saturated rings. The molecule has 4 atom stereocenters. The van der Waals surface area contributed by atoms with Crippen LogP contribution in [0.25, 0.3) is 0 Å². The third-order valence-electron chi connectivity index (χ3n) is 4.45. The number of phenols is 1. The van der Waals surface area contributed by atoms with Gasteiger partial charge in [0.25, 0.3) is 0 Å². The van der Waals surface area contributed by atoms with Gasteiger partial charge in [0.1, 0.15) is 29.3 Å². The van der Waals surface area contributed by atoms with Crippen molar-refractivity contribution in [2.24, 2.45) is 5.92 Å². The highest BCUT2D eigenvalue weighted by Crippen LogP contribution is 2.33. The fourth-order valence-electron chi connectivity index (χ4n) is 2.56. The minimum atomic E-state index is -1.78. The molecule has 152 valence electrons. The number of methoxy groups -OCH3 is 1. The van der Waals surface area contributed by atoms with Gasteiger partial charge in [-0.25, -0.2) is 4.79 Å². The molecule has 1 amide bonds. The summed E-state index contributed by atoms with van der Waals surface area (Å²) in [6.07, 6.45) is -2.24. The molecule has 2 rings (SSSR count). The predicted octanol–water partition coefficient (Wildman–Crippen LogP) is 0.771. The van der Waals surface area contributed by atoms with Gasteiger partial charge in [-0.2, -0.15) is 0 Å². The fourth-order valence-corrected chi connectivity index (χ4v) is 2.56. The molecule has 9 heteroatoms. The van der Waals surface area contributed by atoms with Gasteiger partial charge in [-0.1, -0.05) is 13.0 Å². The lowest BCUT2D eigenvalue weighted by atomic mass is 10.0. The van der Waals surface area contributed by atoms with E-state index in [-0.39, 0.29) is 17.0 Å². The van der Waals surface area contributed by atoms with E-state index in [0.717, 1.165) is 6.08 Å². The van der Waals surface area contributed by atoms with Crippen LogP contribution in [0.5, 0.6) is 11.5 Å². The minimum absolute atomic E-state index is 0.0904. The van der Waals surface area contributed by atoms with Crippen molar-refractivity contribution >= 4 is 23.3 Å². The zero-order valence-corrected chi connectivity index (χ0v) is 15.7. The second kappa shape index (κ2) is 8.85. The van der Waals surface area contributed by atoms with E-state index in [9.17, 15) is 29.7 Å². The van der Waals surface area contributed by atoms with Gasteiger partial charge in [-0.05, 0) is 13.0 Å². The number of benzene rings is 1. The van der Waals surface area contributed by atoms with Gasteiger partial charge in [0.15, 0.2) is 5.78 Å². The molecule has 1 aromatic rings. The number of amides is 1. The molecular weight excluding hydrogens is 370 g/mol. The van der Waals surface area contributed by atoms with Crippen molar-refractivity contribution in [1.29, 1.82) is 0 Å². The maximum atomic E-state index is 12.6. The van der Waals surface area contributed by atoms with E-state index in [2.05, 4.69) is 5.32 Å². The number of cyclic esters (lactones) is 1. The number of aliphatic hydroxyl groups excluding tert-OH is 2. The Kier molecular flexibility index (Phi) is 6.76. The van der Waals surface area contributed by atoms with Crippen LogP contribution in [0.4, 0.5) is 5.69 Å². The van der Waals surface area contributed by atoms with E-state index in [1.807, 2.05) is 0 Å². The lowest BCUT2D eigenvalue weighted by Crippen LogP contribution is -2.36. The molecule has 0 radical (unpaired) electrons. The number of aromatic hydroxyl groups is 1. The molecule has 2 unspecified atom stereocenters. The average molecular weight is 393 g/mol. The van der Waals surface area contributed by atoms with Crippen LogP contribution in [-0.4, -0.2) is 58.4 Å². The molecule has 0 aromatic heterocycles. The van der Waals surface area contributed by atoms with Gasteiger partial charge in [0, 0.05) is 18.1 Å². The second-order valence-electron chi connectivity index (χ2n) is 6.56. The summed E-state index contributed by atoms with van der Waals surface area (Å²) in [4.78, 5) is 36.8. The normalized spacial score (nSPS) is 27.8. The highest BCUT2D eigenvalue weighted by atomic mass is 16.5. The van der Waals surface area contributed by atoms with Crippen molar-refractivity contribution in [1.82, 2.24) is 0 Å². The monoisotopic (exact) mass is 393 g/mol. The summed E-state index contributed by atoms with van der Waals surface area (Å²) < 4.78 is 10.4. The first-order chi connectivity index (χ1) is 13.1. The van der Waals surface area contributed by atoms with Crippen LogP contribution in [-0.2, 0) is 14.3 Å². The van der Waals surface area contributed by atoms with Crippen LogP contribution in [0.1, 0.15) is 30.6 Å². The van der Waals surface area contributed by atoms with E-state index < -0.39 is 54.1 Å². The quantitative estimate of drug-likeness (QED) is 0.513. The standard InChI is InChI=1S/C19H23NO8/c1-9-4-5-13(21)18(25)15(23)8-16(24)20-12-6-11(27-3)7-14(22)17(12)19(26)28-10(9)2/h4-7,9-10,15,18,22-23,25H,8H2,1-3H3,(H,20,24)/b5-4-/t9-,10?,15+,18?/m1/s1. The molecule has 0 saturated carbocycles. The molecule has 0 spiro atoms. The fraction of sp³-hybridized carbons (Fsp3) is 0.421. The number of ether oxygens (including phenoxy) is 2. The third kappa shape index (κ3) is 4.87. The summed E-state index contributed by atoms with van der Waals surface area (Å²) in [5.41, 5.74) is -0.368. The van der Waals surface area contributed by atoms with Gasteiger partial charge in [-0.3, -0.25) is 9.59 Å². The topological polar surface area (TPSA) is 142 Å². The minimum Gasteiger partial charge on any atom is -0.507 e. The predicted molar refractivity (Wildman–Crippen MR) is 98.1 cm³/mol. The Balaban J connectivity index is 2.50. The highest BCUT2D eigenvalue weighted by Gasteiger charge is 2.28. The number of fused-ring (bicyclic) bond motifs is 1. The first-order valence-corrected chi connectivity index (χ1v) is 8.64. The number of ketones is 1. The Morgan fingerprint density at radius 1 is 1.18 bits per heavy atom. The molecule has 1 heterocycles. The Morgan fingerprint density at radius 3 is 2.50 bits per heavy atom. The zero-order valence-electron chi connectivity index (χ0n) is 15.7. The third-order valence-corrected chi connectivity index (χ3v) is 4.45. The van der Waals surface area contributed by atoms with E-state index in [4.69, 9.17) is 9.47 Å². The molecule has 0 bridgehead atoms. The number of hydrogen-bond acceptors (Lipinski definition) is 8. The molecule has 1 aliphatic rings. The number of phenolic OH excluding ortho intramolecular Hbond substituents is 1. The number of carbonyl (C=O) groups is 3. The molecule has 4 N–H and O–H groups in total. The van der Waals surface area contributed by atoms with Crippen molar-refractivity contribution in [3.63, 3.8) is 0 Å². The Labute approximate surface area is 161 Å². The van der Waals surface area contributed by atoms with Crippen molar-refractivity contribution in [2.45, 2.75) is 38.6 Å². The summed E-state index contributed by atoms with van der Waals surface area (Å²) in [5.74, 6) is -3.14. The first-order valence-electron chi connectivity index (χ1n) is 8.64. The van der Waals surface area contributed by atoms with Crippen LogP contribution in [0.2, 0.25) is 0 Å². The van der Waals surface area contributed by atoms with Crippen molar-refractivity contribution in [3.8, 4) is 11.5 Å². The number of anilines is 1. The Morgan fingerprint density at radius 2 is 1.86 bits per heavy atom. The molecule has 0 aliphatic carbocycles. The number of rotatable bonds is 1. The van der Waals surface area contributed by atoms with Gasteiger partial charge in [0.05, 0.1) is 25.3 Å². The molecule has 0 saturated heterocycles. The Hall–Kier alpha value is -2.91. The van der Waals surface area contributed by atoms with Crippen LogP contribution >= 0.6 is 0 Å². The van der Waals surface area contributed by atoms with Gasteiger partial charge < -0.3 is 30.1 Å². The van der Waals surface area contributed by atoms with Crippen molar-refractivity contribution in [2.75, 3.05) is 12.4 Å². The lowest BCUT2D eigenvalue weighted by Gasteiger charge is -2.21. The highest BCUT2D eigenvalue weighted by molar-refractivity contribution is 6.04. The van der Waals surface area contributed by atoms with Gasteiger partial charge >= 0.3 is 5.97 Å². The van der Waals surface area contributed by atoms with Crippen LogP contribution < -0.4 is 10.1 Å². The lowest BCUT2D eigenvalue weighted by molar-refractivity contribution is -0.130. The van der Waals surface area contributed by atoms with E-state index >= 15 is 0 Å². The van der Waals surface area contributed by atoms with Crippen LogP contribution in [0.3, 0.4) is 0 Å². The summed E-state index contributed by atoms with van der Waals surface area (Å²) >= 11 is 0. The number of hydrogen-bond donors (Lipinski definition) is 4. The van der Waals surface area contributed by atoms with E-state index in [1.165, 1.54) is 25.3 Å². The SMILES string of the molecule is COc1cc(O)c2c(c1)NC(=O)C[C@H](O)C(O)C(=O)/C=C\[C@@H](C)C(C)OC2=O. The summed E-state index contributed by atoms with van der Waals surface area (Å²) in [7, 11) is 1.34. The average Bonchev–Trinajstić information content (AvgIpc) is 2.63. The molecular formula is C19H23NO8.